The third kappa shape index (κ3) is 3.03. The minimum Gasteiger partial charge on any atom is -0.439 e. The van der Waals surface area contributed by atoms with Crippen LogP contribution in [0, 0.1) is 0 Å². The van der Waals surface area contributed by atoms with Crippen LogP contribution < -0.4 is 5.73 Å². The van der Waals surface area contributed by atoms with Crippen molar-refractivity contribution in [3.63, 3.8) is 0 Å². The first-order chi connectivity index (χ1) is 9.60. The molecule has 0 unspecified atom stereocenters. The summed E-state index contributed by atoms with van der Waals surface area (Å²) in [5.41, 5.74) is 8.02. The van der Waals surface area contributed by atoms with Crippen molar-refractivity contribution in [2.45, 2.75) is 13.1 Å². The van der Waals surface area contributed by atoms with Crippen molar-refractivity contribution in [1.29, 1.82) is 0 Å². The van der Waals surface area contributed by atoms with E-state index in [1.165, 1.54) is 4.88 Å². The van der Waals surface area contributed by atoms with Crippen LogP contribution in [0.3, 0.4) is 0 Å². The fourth-order valence-electron chi connectivity index (χ4n) is 2.05. The summed E-state index contributed by atoms with van der Waals surface area (Å²) < 4.78 is 6.85. The number of nitrogen functional groups attached to an aromatic ring is 1. The number of fused-ring (bicyclic) bond motifs is 1. The van der Waals surface area contributed by atoms with Crippen molar-refractivity contribution in [2.24, 2.45) is 0 Å². The molecule has 0 saturated carbocycles. The van der Waals surface area contributed by atoms with E-state index in [0.29, 0.717) is 18.1 Å². The van der Waals surface area contributed by atoms with Gasteiger partial charge in [0.1, 0.15) is 5.52 Å². The number of halogens is 1. The van der Waals surface area contributed by atoms with Crippen LogP contribution in [-0.4, -0.2) is 16.9 Å². The lowest BCUT2D eigenvalue weighted by Crippen LogP contribution is -2.16. The van der Waals surface area contributed by atoms with Gasteiger partial charge in [-0.15, -0.1) is 11.3 Å². The number of thiophene rings is 1. The summed E-state index contributed by atoms with van der Waals surface area (Å²) in [5.74, 6) is 0.712. The van der Waals surface area contributed by atoms with Gasteiger partial charge in [-0.3, -0.25) is 4.90 Å². The third-order valence-corrected chi connectivity index (χ3v) is 4.59. The molecule has 2 aromatic heterocycles. The summed E-state index contributed by atoms with van der Waals surface area (Å²) in [5, 5.41) is 2.09. The molecule has 0 atom stereocenters. The van der Waals surface area contributed by atoms with E-state index < -0.39 is 0 Å². The molecule has 0 bridgehead atoms. The molecular weight excluding hydrogens is 338 g/mol. The Morgan fingerprint density at radius 3 is 2.95 bits per heavy atom. The number of hydrogen-bond donors (Lipinski definition) is 1. The molecule has 4 nitrogen and oxygen atoms in total. The lowest BCUT2D eigenvalue weighted by molar-refractivity contribution is 0.287. The van der Waals surface area contributed by atoms with Crippen LogP contribution in [0.5, 0.6) is 0 Å². The maximum absolute atomic E-state index is 5.74. The molecule has 3 aromatic rings. The topological polar surface area (TPSA) is 55.3 Å². The van der Waals surface area contributed by atoms with E-state index in [4.69, 9.17) is 10.2 Å². The second-order valence-corrected chi connectivity index (χ2v) is 6.65. The molecule has 0 amide bonds. The number of nitrogens with zero attached hydrogens (tertiary/aromatic N) is 2. The van der Waals surface area contributed by atoms with Crippen molar-refractivity contribution < 1.29 is 4.42 Å². The van der Waals surface area contributed by atoms with Crippen molar-refractivity contribution >= 4 is 44.1 Å². The number of hydrogen-bond acceptors (Lipinski definition) is 5. The van der Waals surface area contributed by atoms with E-state index in [0.717, 1.165) is 22.1 Å². The highest BCUT2D eigenvalue weighted by Crippen LogP contribution is 2.22. The van der Waals surface area contributed by atoms with Gasteiger partial charge >= 0.3 is 0 Å². The van der Waals surface area contributed by atoms with Gasteiger partial charge in [0.25, 0.3) is 0 Å². The van der Waals surface area contributed by atoms with E-state index >= 15 is 0 Å². The van der Waals surface area contributed by atoms with Gasteiger partial charge in [0.2, 0.25) is 5.89 Å². The number of aromatic nitrogens is 1. The predicted octanol–water partition coefficient (Wildman–Crippen LogP) is 3.87. The molecule has 0 aliphatic carbocycles. The molecule has 0 saturated heterocycles. The molecule has 6 heteroatoms. The Hall–Kier alpha value is -1.37. The van der Waals surface area contributed by atoms with Crippen LogP contribution in [-0.2, 0) is 13.1 Å². The van der Waals surface area contributed by atoms with Crippen LogP contribution in [0.4, 0.5) is 5.69 Å². The monoisotopic (exact) mass is 351 g/mol. The molecule has 0 radical (unpaired) electrons. The zero-order chi connectivity index (χ0) is 14.1. The Morgan fingerprint density at radius 1 is 1.35 bits per heavy atom. The Kier molecular flexibility index (Phi) is 3.78. The summed E-state index contributed by atoms with van der Waals surface area (Å²) in [7, 11) is 2.05. The highest BCUT2D eigenvalue weighted by molar-refractivity contribution is 9.10. The third-order valence-electron chi connectivity index (χ3n) is 2.91. The van der Waals surface area contributed by atoms with Crippen LogP contribution in [0.25, 0.3) is 11.1 Å². The maximum Gasteiger partial charge on any atom is 0.209 e. The van der Waals surface area contributed by atoms with E-state index in [9.17, 15) is 0 Å². The van der Waals surface area contributed by atoms with E-state index in [1.54, 1.807) is 11.3 Å². The molecule has 1 aromatic carbocycles. The number of anilines is 1. The van der Waals surface area contributed by atoms with Gasteiger partial charge in [-0.05, 0) is 41.2 Å². The average Bonchev–Trinajstić information content (AvgIpc) is 2.94. The highest BCUT2D eigenvalue weighted by atomic mass is 79.9. The fraction of sp³-hybridized carbons (Fsp3) is 0.214. The second kappa shape index (κ2) is 5.55. The van der Waals surface area contributed by atoms with Gasteiger partial charge in [-0.2, -0.15) is 0 Å². The van der Waals surface area contributed by atoms with Gasteiger partial charge in [0.15, 0.2) is 5.58 Å². The highest BCUT2D eigenvalue weighted by Gasteiger charge is 2.10. The summed E-state index contributed by atoms with van der Waals surface area (Å²) in [6.07, 6.45) is 0. The summed E-state index contributed by atoms with van der Waals surface area (Å²) in [6.45, 7) is 1.54. The van der Waals surface area contributed by atoms with Crippen molar-refractivity contribution in [3.05, 3.63) is 44.9 Å². The van der Waals surface area contributed by atoms with Crippen molar-refractivity contribution in [2.75, 3.05) is 12.8 Å². The van der Waals surface area contributed by atoms with Crippen LogP contribution in [0.15, 0.2) is 38.5 Å². The Morgan fingerprint density at radius 2 is 2.20 bits per heavy atom. The minimum atomic E-state index is 0.671. The van der Waals surface area contributed by atoms with Gasteiger partial charge < -0.3 is 10.2 Å². The quantitative estimate of drug-likeness (QED) is 0.725. The largest absolute Gasteiger partial charge is 0.439 e. The first-order valence-corrected chi connectivity index (χ1v) is 7.84. The molecule has 20 heavy (non-hydrogen) atoms. The smallest absolute Gasteiger partial charge is 0.209 e. The molecule has 0 spiro atoms. The standard InChI is InChI=1S/C14H14BrN3OS/c1-18(6-11-4-9(15)8-20-11)7-14-17-12-3-2-10(16)5-13(12)19-14/h2-5,8H,6-7,16H2,1H3. The Bertz CT molecular complexity index is 737. The molecule has 0 aliphatic rings. The lowest BCUT2D eigenvalue weighted by Gasteiger charge is -2.12. The van der Waals surface area contributed by atoms with E-state index in [-0.39, 0.29) is 0 Å². The average molecular weight is 352 g/mol. The molecular formula is C14H14BrN3OS. The Balaban J connectivity index is 1.72. The van der Waals surface area contributed by atoms with Crippen molar-refractivity contribution in [1.82, 2.24) is 9.88 Å². The molecule has 104 valence electrons. The number of rotatable bonds is 4. The molecule has 0 aliphatic heterocycles. The first kappa shape index (κ1) is 13.6. The first-order valence-electron chi connectivity index (χ1n) is 6.16. The Labute approximate surface area is 129 Å². The molecule has 0 fully saturated rings. The maximum atomic E-state index is 5.74. The predicted molar refractivity (Wildman–Crippen MR) is 85.6 cm³/mol. The van der Waals surface area contributed by atoms with Crippen molar-refractivity contribution in [3.8, 4) is 0 Å². The number of nitrogens with two attached hydrogens (primary N) is 1. The van der Waals surface area contributed by atoms with Gasteiger partial charge in [0, 0.05) is 33.0 Å². The van der Waals surface area contributed by atoms with E-state index in [2.05, 4.69) is 44.3 Å². The molecule has 2 heterocycles. The second-order valence-electron chi connectivity index (χ2n) is 4.74. The number of benzene rings is 1. The van der Waals surface area contributed by atoms with Crippen LogP contribution >= 0.6 is 27.3 Å². The summed E-state index contributed by atoms with van der Waals surface area (Å²) in [4.78, 5) is 7.95. The normalized spacial score (nSPS) is 11.6. The molecule has 2 N–H and O–H groups in total. The van der Waals surface area contributed by atoms with Gasteiger partial charge in [-0.1, -0.05) is 0 Å². The van der Waals surface area contributed by atoms with Gasteiger partial charge in [-0.25, -0.2) is 4.98 Å². The van der Waals surface area contributed by atoms with Crippen LogP contribution in [0.1, 0.15) is 10.8 Å². The lowest BCUT2D eigenvalue weighted by atomic mass is 10.3. The summed E-state index contributed by atoms with van der Waals surface area (Å²) in [6, 6.07) is 7.66. The zero-order valence-electron chi connectivity index (χ0n) is 11.0. The minimum absolute atomic E-state index is 0.671. The fourth-order valence-corrected chi connectivity index (χ4v) is 3.58. The van der Waals surface area contributed by atoms with Gasteiger partial charge in [0.05, 0.1) is 6.54 Å². The number of oxazole rings is 1. The molecule has 3 rings (SSSR count). The SMILES string of the molecule is CN(Cc1nc2ccc(N)cc2o1)Cc1cc(Br)cs1. The van der Waals surface area contributed by atoms with Crippen LogP contribution in [0.2, 0.25) is 0 Å². The van der Waals surface area contributed by atoms with E-state index in [1.807, 2.05) is 18.2 Å². The zero-order valence-corrected chi connectivity index (χ0v) is 13.4. The summed E-state index contributed by atoms with van der Waals surface area (Å²) >= 11 is 5.21.